The molecular weight excluding hydrogens is 294 g/mol. The number of hydrogen-bond acceptors (Lipinski definition) is 4. The zero-order chi connectivity index (χ0) is 14.5. The summed E-state index contributed by atoms with van der Waals surface area (Å²) in [5, 5.41) is 6.96. The number of halogens is 1. The SMILES string of the molecule is CNCC(=O)Nc1nc(C)c(Cc2ccccc2Cl)s1. The number of carbonyl (C=O) groups excluding carboxylic acids is 1. The number of aromatic nitrogens is 1. The van der Waals surface area contributed by atoms with E-state index in [1.165, 1.54) is 11.3 Å². The Morgan fingerprint density at radius 2 is 2.15 bits per heavy atom. The third kappa shape index (κ3) is 3.79. The van der Waals surface area contributed by atoms with Gasteiger partial charge in [0.05, 0.1) is 12.2 Å². The van der Waals surface area contributed by atoms with Crippen LogP contribution in [-0.2, 0) is 11.2 Å². The topological polar surface area (TPSA) is 54.0 Å². The second kappa shape index (κ2) is 6.83. The first kappa shape index (κ1) is 15.0. The molecular formula is C14H16ClN3OS. The van der Waals surface area contributed by atoms with Crippen LogP contribution in [0.1, 0.15) is 16.1 Å². The van der Waals surface area contributed by atoms with E-state index < -0.39 is 0 Å². The van der Waals surface area contributed by atoms with Crippen molar-refractivity contribution in [2.75, 3.05) is 18.9 Å². The number of nitrogens with zero attached hydrogens (tertiary/aromatic N) is 1. The fourth-order valence-corrected chi connectivity index (χ4v) is 2.99. The molecule has 0 aliphatic rings. The number of rotatable bonds is 5. The van der Waals surface area contributed by atoms with E-state index >= 15 is 0 Å². The quantitative estimate of drug-likeness (QED) is 0.893. The lowest BCUT2D eigenvalue weighted by atomic mass is 10.1. The summed E-state index contributed by atoms with van der Waals surface area (Å²) in [5.41, 5.74) is 1.99. The molecule has 2 N–H and O–H groups in total. The summed E-state index contributed by atoms with van der Waals surface area (Å²) < 4.78 is 0. The molecule has 0 saturated heterocycles. The Morgan fingerprint density at radius 3 is 2.85 bits per heavy atom. The molecule has 6 heteroatoms. The Morgan fingerprint density at radius 1 is 1.40 bits per heavy atom. The van der Waals surface area contributed by atoms with Crippen LogP contribution in [0.5, 0.6) is 0 Å². The Kier molecular flexibility index (Phi) is 5.11. The first-order valence-electron chi connectivity index (χ1n) is 6.24. The normalized spacial score (nSPS) is 10.6. The molecule has 1 aromatic carbocycles. The monoisotopic (exact) mass is 309 g/mol. The van der Waals surface area contributed by atoms with Gasteiger partial charge in [0.1, 0.15) is 0 Å². The number of likely N-dealkylation sites (N-methyl/N-ethyl adjacent to an activating group) is 1. The number of amides is 1. The predicted molar refractivity (Wildman–Crippen MR) is 83.7 cm³/mol. The zero-order valence-electron chi connectivity index (χ0n) is 11.4. The lowest BCUT2D eigenvalue weighted by molar-refractivity contribution is -0.115. The maximum absolute atomic E-state index is 11.5. The predicted octanol–water partition coefficient (Wildman–Crippen LogP) is 2.85. The summed E-state index contributed by atoms with van der Waals surface area (Å²) in [7, 11) is 1.73. The van der Waals surface area contributed by atoms with Gasteiger partial charge in [-0.05, 0) is 25.6 Å². The van der Waals surface area contributed by atoms with E-state index in [9.17, 15) is 4.79 Å². The highest BCUT2D eigenvalue weighted by molar-refractivity contribution is 7.15. The van der Waals surface area contributed by atoms with Gasteiger partial charge in [-0.15, -0.1) is 11.3 Å². The van der Waals surface area contributed by atoms with E-state index in [1.807, 2.05) is 31.2 Å². The van der Waals surface area contributed by atoms with E-state index in [0.29, 0.717) is 5.13 Å². The largest absolute Gasteiger partial charge is 0.311 e. The van der Waals surface area contributed by atoms with Gasteiger partial charge in [-0.3, -0.25) is 4.79 Å². The summed E-state index contributed by atoms with van der Waals surface area (Å²) >= 11 is 7.65. The molecule has 0 atom stereocenters. The van der Waals surface area contributed by atoms with Gasteiger partial charge in [-0.25, -0.2) is 4.98 Å². The maximum Gasteiger partial charge on any atom is 0.240 e. The van der Waals surface area contributed by atoms with Crippen molar-refractivity contribution in [3.05, 3.63) is 45.4 Å². The Hall–Kier alpha value is -1.43. The Balaban J connectivity index is 2.12. The van der Waals surface area contributed by atoms with Crippen LogP contribution in [0.25, 0.3) is 0 Å². The zero-order valence-corrected chi connectivity index (χ0v) is 12.9. The molecule has 0 radical (unpaired) electrons. The maximum atomic E-state index is 11.5. The summed E-state index contributed by atoms with van der Waals surface area (Å²) in [6.45, 7) is 2.22. The summed E-state index contributed by atoms with van der Waals surface area (Å²) in [6, 6.07) is 7.76. The fourth-order valence-electron chi connectivity index (χ4n) is 1.78. The van der Waals surface area contributed by atoms with E-state index in [4.69, 9.17) is 11.6 Å². The number of anilines is 1. The summed E-state index contributed by atoms with van der Waals surface area (Å²) in [5.74, 6) is -0.0921. The van der Waals surface area contributed by atoms with Gasteiger partial charge in [0.25, 0.3) is 0 Å². The molecule has 0 bridgehead atoms. The van der Waals surface area contributed by atoms with E-state index in [1.54, 1.807) is 7.05 Å². The molecule has 0 aliphatic heterocycles. The third-order valence-corrected chi connectivity index (χ3v) is 4.23. The van der Waals surface area contributed by atoms with Gasteiger partial charge in [-0.2, -0.15) is 0 Å². The van der Waals surface area contributed by atoms with Gasteiger partial charge in [0.15, 0.2) is 5.13 Å². The third-order valence-electron chi connectivity index (χ3n) is 2.79. The molecule has 20 heavy (non-hydrogen) atoms. The number of thiazole rings is 1. The van der Waals surface area contributed by atoms with Crippen molar-refractivity contribution in [3.63, 3.8) is 0 Å². The molecule has 2 aromatic rings. The molecule has 0 unspecified atom stereocenters. The molecule has 2 rings (SSSR count). The minimum Gasteiger partial charge on any atom is -0.311 e. The van der Waals surface area contributed by atoms with E-state index in [0.717, 1.165) is 27.6 Å². The van der Waals surface area contributed by atoms with Crippen LogP contribution in [0.4, 0.5) is 5.13 Å². The minimum atomic E-state index is -0.0921. The first-order valence-corrected chi connectivity index (χ1v) is 7.43. The summed E-state index contributed by atoms with van der Waals surface area (Å²) in [6.07, 6.45) is 0.727. The molecule has 1 aromatic heterocycles. The van der Waals surface area contributed by atoms with Crippen LogP contribution in [-0.4, -0.2) is 24.5 Å². The van der Waals surface area contributed by atoms with Gasteiger partial charge in [-0.1, -0.05) is 29.8 Å². The minimum absolute atomic E-state index is 0.0921. The molecule has 0 saturated carbocycles. The van der Waals surface area contributed by atoms with Crippen LogP contribution in [0, 0.1) is 6.92 Å². The van der Waals surface area contributed by atoms with Gasteiger partial charge in [0, 0.05) is 16.3 Å². The van der Waals surface area contributed by atoms with Crippen molar-refractivity contribution >= 4 is 34.0 Å². The molecule has 0 fully saturated rings. The number of nitrogens with one attached hydrogen (secondary N) is 2. The van der Waals surface area contributed by atoms with Crippen LogP contribution < -0.4 is 10.6 Å². The average Bonchev–Trinajstić information content (AvgIpc) is 2.72. The van der Waals surface area contributed by atoms with E-state index in [2.05, 4.69) is 15.6 Å². The summed E-state index contributed by atoms with van der Waals surface area (Å²) in [4.78, 5) is 17.0. The van der Waals surface area contributed by atoms with Crippen LogP contribution >= 0.6 is 22.9 Å². The molecule has 106 valence electrons. The standard InChI is InChI=1S/C14H16ClN3OS/c1-9-12(7-10-5-3-4-6-11(10)15)20-14(17-9)18-13(19)8-16-2/h3-6,16H,7-8H2,1-2H3,(H,17,18,19). The van der Waals surface area contributed by atoms with Gasteiger partial charge < -0.3 is 10.6 Å². The van der Waals surface area contributed by atoms with Crippen molar-refractivity contribution in [2.24, 2.45) is 0 Å². The molecule has 0 aliphatic carbocycles. The molecule has 0 spiro atoms. The number of carbonyl (C=O) groups is 1. The highest BCUT2D eigenvalue weighted by atomic mass is 35.5. The van der Waals surface area contributed by atoms with Gasteiger partial charge in [0.2, 0.25) is 5.91 Å². The lowest BCUT2D eigenvalue weighted by Gasteiger charge is -2.02. The van der Waals surface area contributed by atoms with Crippen molar-refractivity contribution in [2.45, 2.75) is 13.3 Å². The van der Waals surface area contributed by atoms with Crippen LogP contribution in [0.2, 0.25) is 5.02 Å². The lowest BCUT2D eigenvalue weighted by Crippen LogP contribution is -2.24. The molecule has 1 heterocycles. The van der Waals surface area contributed by atoms with Crippen LogP contribution in [0.15, 0.2) is 24.3 Å². The Labute approximate surface area is 127 Å². The smallest absolute Gasteiger partial charge is 0.240 e. The van der Waals surface area contributed by atoms with Crippen molar-refractivity contribution in [1.82, 2.24) is 10.3 Å². The highest BCUT2D eigenvalue weighted by Crippen LogP contribution is 2.27. The number of aryl methyl sites for hydroxylation is 1. The highest BCUT2D eigenvalue weighted by Gasteiger charge is 2.11. The number of benzene rings is 1. The van der Waals surface area contributed by atoms with Crippen molar-refractivity contribution in [3.8, 4) is 0 Å². The Bertz CT molecular complexity index is 612. The average molecular weight is 310 g/mol. The van der Waals surface area contributed by atoms with Crippen molar-refractivity contribution < 1.29 is 4.79 Å². The molecule has 4 nitrogen and oxygen atoms in total. The second-order valence-corrected chi connectivity index (χ2v) is 5.87. The van der Waals surface area contributed by atoms with E-state index in [-0.39, 0.29) is 12.5 Å². The number of hydrogen-bond donors (Lipinski definition) is 2. The first-order chi connectivity index (χ1) is 9.60. The van der Waals surface area contributed by atoms with Crippen LogP contribution in [0.3, 0.4) is 0 Å². The van der Waals surface area contributed by atoms with Crippen molar-refractivity contribution in [1.29, 1.82) is 0 Å². The second-order valence-electron chi connectivity index (χ2n) is 4.37. The van der Waals surface area contributed by atoms with Gasteiger partial charge >= 0.3 is 0 Å². The fraction of sp³-hybridized carbons (Fsp3) is 0.286. The molecule has 1 amide bonds.